The maximum atomic E-state index is 10.7. The average molecular weight is 269 g/mol. The molecule has 0 saturated heterocycles. The summed E-state index contributed by atoms with van der Waals surface area (Å²) in [6.45, 7) is 1.72. The van der Waals surface area contributed by atoms with E-state index < -0.39 is 5.97 Å². The third-order valence-electron chi connectivity index (χ3n) is 3.07. The lowest BCUT2D eigenvalue weighted by molar-refractivity contribution is -0.136. The molecule has 0 amide bonds. The van der Waals surface area contributed by atoms with Gasteiger partial charge in [-0.25, -0.2) is 0 Å². The zero-order valence-corrected chi connectivity index (χ0v) is 11.1. The van der Waals surface area contributed by atoms with Gasteiger partial charge in [0.05, 0.1) is 12.1 Å². The van der Waals surface area contributed by atoms with Crippen molar-refractivity contribution in [2.75, 3.05) is 0 Å². The molecular formula is C16H15NO3. The number of benzene rings is 2. The van der Waals surface area contributed by atoms with Gasteiger partial charge in [0, 0.05) is 0 Å². The molecule has 0 radical (unpaired) electrons. The van der Waals surface area contributed by atoms with Crippen LogP contribution in [0.4, 0.5) is 0 Å². The fraction of sp³-hybridized carbons (Fsp3) is 0.125. The number of hydrogen-bond acceptors (Lipinski definition) is 3. The van der Waals surface area contributed by atoms with Gasteiger partial charge in [0.1, 0.15) is 0 Å². The summed E-state index contributed by atoms with van der Waals surface area (Å²) in [5, 5.41) is 20.7. The van der Waals surface area contributed by atoms with Crippen LogP contribution in [0.15, 0.2) is 53.7 Å². The largest absolute Gasteiger partial charge is 0.481 e. The first-order valence-electron chi connectivity index (χ1n) is 6.20. The van der Waals surface area contributed by atoms with E-state index in [4.69, 9.17) is 10.3 Å². The summed E-state index contributed by atoms with van der Waals surface area (Å²) >= 11 is 0. The second kappa shape index (κ2) is 6.02. The molecule has 0 aliphatic rings. The van der Waals surface area contributed by atoms with Crippen molar-refractivity contribution in [2.45, 2.75) is 13.3 Å². The van der Waals surface area contributed by atoms with Crippen molar-refractivity contribution in [1.29, 1.82) is 0 Å². The second-order valence-electron chi connectivity index (χ2n) is 4.53. The average Bonchev–Trinajstić information content (AvgIpc) is 2.46. The van der Waals surface area contributed by atoms with Gasteiger partial charge in [-0.15, -0.1) is 0 Å². The van der Waals surface area contributed by atoms with E-state index in [1.54, 1.807) is 13.0 Å². The highest BCUT2D eigenvalue weighted by molar-refractivity contribution is 5.98. The fourth-order valence-electron chi connectivity index (χ4n) is 2.00. The van der Waals surface area contributed by atoms with Crippen LogP contribution in [-0.4, -0.2) is 22.0 Å². The molecule has 4 nitrogen and oxygen atoms in total. The Morgan fingerprint density at radius 2 is 1.80 bits per heavy atom. The van der Waals surface area contributed by atoms with E-state index in [0.29, 0.717) is 5.71 Å². The molecule has 0 spiro atoms. The van der Waals surface area contributed by atoms with Crippen LogP contribution >= 0.6 is 0 Å². The summed E-state index contributed by atoms with van der Waals surface area (Å²) in [5.41, 5.74) is 4.13. The number of carboxylic acids is 1. The molecule has 0 fully saturated rings. The zero-order chi connectivity index (χ0) is 14.5. The van der Waals surface area contributed by atoms with E-state index >= 15 is 0 Å². The van der Waals surface area contributed by atoms with Crippen LogP contribution in [0, 0.1) is 0 Å². The zero-order valence-electron chi connectivity index (χ0n) is 11.1. The molecule has 2 N–H and O–H groups in total. The van der Waals surface area contributed by atoms with Crippen molar-refractivity contribution in [3.63, 3.8) is 0 Å². The smallest absolute Gasteiger partial charge is 0.307 e. The molecule has 0 aliphatic heterocycles. The number of carboxylic acid groups (broad SMARTS) is 1. The van der Waals surface area contributed by atoms with Crippen molar-refractivity contribution in [3.05, 3.63) is 59.7 Å². The highest BCUT2D eigenvalue weighted by Crippen LogP contribution is 2.21. The van der Waals surface area contributed by atoms with Crippen LogP contribution in [0.3, 0.4) is 0 Å². The van der Waals surface area contributed by atoms with Gasteiger partial charge < -0.3 is 10.3 Å². The van der Waals surface area contributed by atoms with Crippen molar-refractivity contribution in [2.24, 2.45) is 5.16 Å². The monoisotopic (exact) mass is 269 g/mol. The molecule has 0 bridgehead atoms. The van der Waals surface area contributed by atoms with Crippen molar-refractivity contribution >= 4 is 11.7 Å². The highest BCUT2D eigenvalue weighted by Gasteiger charge is 2.04. The van der Waals surface area contributed by atoms with E-state index in [-0.39, 0.29) is 6.42 Å². The number of aliphatic carboxylic acids is 1. The molecule has 102 valence electrons. The van der Waals surface area contributed by atoms with E-state index in [1.807, 2.05) is 42.5 Å². The SMILES string of the molecule is C/C(=N/O)c1ccc(-c2cccc(CC(=O)O)c2)cc1. The van der Waals surface area contributed by atoms with E-state index in [2.05, 4.69) is 5.16 Å². The van der Waals surface area contributed by atoms with Crippen LogP contribution in [-0.2, 0) is 11.2 Å². The van der Waals surface area contributed by atoms with Crippen LogP contribution in [0.2, 0.25) is 0 Å². The van der Waals surface area contributed by atoms with Crippen LogP contribution < -0.4 is 0 Å². The van der Waals surface area contributed by atoms with Gasteiger partial charge in [0.25, 0.3) is 0 Å². The Balaban J connectivity index is 2.29. The van der Waals surface area contributed by atoms with Crippen LogP contribution in [0.1, 0.15) is 18.1 Å². The molecule has 0 saturated carbocycles. The Labute approximate surface area is 117 Å². The lowest BCUT2D eigenvalue weighted by Gasteiger charge is -2.05. The van der Waals surface area contributed by atoms with E-state index in [9.17, 15) is 4.79 Å². The third kappa shape index (κ3) is 3.23. The van der Waals surface area contributed by atoms with Gasteiger partial charge >= 0.3 is 5.97 Å². The Bertz CT molecular complexity index is 645. The minimum atomic E-state index is -0.840. The molecule has 4 heteroatoms. The Kier molecular flexibility index (Phi) is 4.15. The maximum Gasteiger partial charge on any atom is 0.307 e. The summed E-state index contributed by atoms with van der Waals surface area (Å²) in [5.74, 6) is -0.840. The fourth-order valence-corrected chi connectivity index (χ4v) is 2.00. The van der Waals surface area contributed by atoms with Gasteiger partial charge in [-0.05, 0) is 29.2 Å². The molecule has 20 heavy (non-hydrogen) atoms. The predicted molar refractivity (Wildman–Crippen MR) is 77.2 cm³/mol. The van der Waals surface area contributed by atoms with Crippen LogP contribution in [0.25, 0.3) is 11.1 Å². The summed E-state index contributed by atoms with van der Waals surface area (Å²) in [7, 11) is 0. The summed E-state index contributed by atoms with van der Waals surface area (Å²) < 4.78 is 0. The first-order valence-corrected chi connectivity index (χ1v) is 6.20. The quantitative estimate of drug-likeness (QED) is 0.509. The van der Waals surface area contributed by atoms with E-state index in [1.165, 1.54) is 0 Å². The minimum Gasteiger partial charge on any atom is -0.481 e. The highest BCUT2D eigenvalue weighted by atomic mass is 16.4. The molecule has 0 aromatic heterocycles. The number of oxime groups is 1. The van der Waals surface area contributed by atoms with Gasteiger partial charge in [0.15, 0.2) is 0 Å². The lowest BCUT2D eigenvalue weighted by Crippen LogP contribution is -1.99. The molecule has 0 aliphatic carbocycles. The third-order valence-corrected chi connectivity index (χ3v) is 3.07. The van der Waals surface area contributed by atoms with Crippen molar-refractivity contribution < 1.29 is 15.1 Å². The molecule has 2 rings (SSSR count). The number of hydrogen-bond donors (Lipinski definition) is 2. The number of nitrogens with zero attached hydrogens (tertiary/aromatic N) is 1. The lowest BCUT2D eigenvalue weighted by atomic mass is 10.00. The normalized spacial score (nSPS) is 11.3. The Morgan fingerprint density at radius 3 is 2.40 bits per heavy atom. The Hall–Kier alpha value is -2.62. The summed E-state index contributed by atoms with van der Waals surface area (Å²) in [4.78, 5) is 10.7. The maximum absolute atomic E-state index is 10.7. The molecule has 0 heterocycles. The number of carbonyl (C=O) groups is 1. The van der Waals surface area contributed by atoms with Gasteiger partial charge in [-0.3, -0.25) is 4.79 Å². The first-order chi connectivity index (χ1) is 9.60. The van der Waals surface area contributed by atoms with Gasteiger partial charge in [-0.2, -0.15) is 0 Å². The van der Waals surface area contributed by atoms with Gasteiger partial charge in [0.2, 0.25) is 0 Å². The minimum absolute atomic E-state index is 0.0161. The molecule has 0 unspecified atom stereocenters. The standard InChI is InChI=1S/C16H15NO3/c1-11(17-20)13-5-7-14(8-6-13)15-4-2-3-12(9-15)10-16(18)19/h2-9,20H,10H2,1H3,(H,18,19)/b17-11-. The van der Waals surface area contributed by atoms with E-state index in [0.717, 1.165) is 22.3 Å². The molecule has 0 atom stereocenters. The van der Waals surface area contributed by atoms with Crippen molar-refractivity contribution in [3.8, 4) is 11.1 Å². The van der Waals surface area contributed by atoms with Crippen LogP contribution in [0.5, 0.6) is 0 Å². The predicted octanol–water partition coefficient (Wildman–Crippen LogP) is 3.18. The Morgan fingerprint density at radius 1 is 1.10 bits per heavy atom. The molecular weight excluding hydrogens is 254 g/mol. The summed E-state index contributed by atoms with van der Waals surface area (Å²) in [6, 6.07) is 15.0. The molecule has 2 aromatic carbocycles. The second-order valence-corrected chi connectivity index (χ2v) is 4.53. The van der Waals surface area contributed by atoms with Crippen molar-refractivity contribution in [1.82, 2.24) is 0 Å². The summed E-state index contributed by atoms with van der Waals surface area (Å²) in [6.07, 6.45) is 0.0161. The number of rotatable bonds is 4. The first kappa shape index (κ1) is 13.8. The molecule has 2 aromatic rings. The van der Waals surface area contributed by atoms with Gasteiger partial charge in [-0.1, -0.05) is 53.7 Å². The topological polar surface area (TPSA) is 69.9 Å².